The van der Waals surface area contributed by atoms with E-state index in [0.717, 1.165) is 36.1 Å². The summed E-state index contributed by atoms with van der Waals surface area (Å²) < 4.78 is 13.1. The first kappa shape index (κ1) is 26.2. The number of benzene rings is 1. The zero-order valence-corrected chi connectivity index (χ0v) is 23.0. The standard InChI is InChI=1S/C26H32N4O4S2/c1-6-33-25(32)23-18-11-10-15(2)12-20(18)36-24(23)27-22(31)14-35-26-29-28-21(30(26)5)13-34-19-9-7-8-16(3)17(19)4/h7-9,15H,6,10-14H2,1-5H3,(H,27,31). The lowest BCUT2D eigenvalue weighted by atomic mass is 9.88. The second-order valence-electron chi connectivity index (χ2n) is 9.06. The van der Waals surface area contributed by atoms with Crippen LogP contribution in [-0.4, -0.2) is 39.0 Å². The van der Waals surface area contributed by atoms with E-state index in [9.17, 15) is 9.59 Å². The van der Waals surface area contributed by atoms with Crippen LogP contribution in [0.4, 0.5) is 5.00 Å². The van der Waals surface area contributed by atoms with E-state index in [-0.39, 0.29) is 24.2 Å². The first-order chi connectivity index (χ1) is 17.3. The average molecular weight is 529 g/mol. The highest BCUT2D eigenvalue weighted by Crippen LogP contribution is 2.40. The van der Waals surface area contributed by atoms with Gasteiger partial charge in [0, 0.05) is 11.9 Å². The number of anilines is 1. The molecule has 10 heteroatoms. The van der Waals surface area contributed by atoms with E-state index in [1.807, 2.05) is 43.7 Å². The van der Waals surface area contributed by atoms with Crippen molar-refractivity contribution in [1.82, 2.24) is 14.8 Å². The number of rotatable bonds is 9. The van der Waals surface area contributed by atoms with Gasteiger partial charge in [-0.3, -0.25) is 4.79 Å². The number of nitrogens with one attached hydrogen (secondary N) is 1. The van der Waals surface area contributed by atoms with Crippen LogP contribution in [0.25, 0.3) is 0 Å². The number of esters is 1. The number of thioether (sulfide) groups is 1. The monoisotopic (exact) mass is 528 g/mol. The molecule has 3 aromatic rings. The largest absolute Gasteiger partial charge is 0.485 e. The molecule has 36 heavy (non-hydrogen) atoms. The maximum absolute atomic E-state index is 12.8. The molecule has 0 bridgehead atoms. The summed E-state index contributed by atoms with van der Waals surface area (Å²) in [4.78, 5) is 26.7. The zero-order valence-electron chi connectivity index (χ0n) is 21.3. The SMILES string of the molecule is CCOC(=O)c1c(NC(=O)CSc2nnc(COc3cccc(C)c3C)n2C)sc2c1CCC(C)C2. The summed E-state index contributed by atoms with van der Waals surface area (Å²) in [5.41, 5.74) is 3.81. The van der Waals surface area contributed by atoms with Crippen molar-refractivity contribution in [1.29, 1.82) is 0 Å². The second-order valence-corrected chi connectivity index (χ2v) is 11.1. The van der Waals surface area contributed by atoms with Crippen molar-refractivity contribution in [3.8, 4) is 5.75 Å². The fourth-order valence-electron chi connectivity index (χ4n) is 4.17. The van der Waals surface area contributed by atoms with E-state index in [2.05, 4.69) is 22.4 Å². The average Bonchev–Trinajstić information content (AvgIpc) is 3.37. The Hall–Kier alpha value is -2.85. The van der Waals surface area contributed by atoms with Crippen molar-refractivity contribution in [2.24, 2.45) is 13.0 Å². The van der Waals surface area contributed by atoms with Gasteiger partial charge in [-0.15, -0.1) is 21.5 Å². The fourth-order valence-corrected chi connectivity index (χ4v) is 6.32. The maximum atomic E-state index is 12.8. The molecule has 4 rings (SSSR count). The highest BCUT2D eigenvalue weighted by molar-refractivity contribution is 7.99. The number of aryl methyl sites for hydroxylation is 1. The van der Waals surface area contributed by atoms with Gasteiger partial charge in [0.25, 0.3) is 0 Å². The van der Waals surface area contributed by atoms with Gasteiger partial charge >= 0.3 is 5.97 Å². The molecule has 1 N–H and O–H groups in total. The minimum atomic E-state index is -0.366. The van der Waals surface area contributed by atoms with Crippen LogP contribution in [-0.2, 0) is 36.0 Å². The normalized spacial score (nSPS) is 14.9. The lowest BCUT2D eigenvalue weighted by Gasteiger charge is -2.18. The molecule has 0 fully saturated rings. The Morgan fingerprint density at radius 3 is 2.86 bits per heavy atom. The van der Waals surface area contributed by atoms with Crippen molar-refractivity contribution < 1.29 is 19.1 Å². The van der Waals surface area contributed by atoms with Crippen molar-refractivity contribution in [3.05, 3.63) is 51.2 Å². The third kappa shape index (κ3) is 5.75. The summed E-state index contributed by atoms with van der Waals surface area (Å²) in [6, 6.07) is 5.95. The zero-order chi connectivity index (χ0) is 25.8. The number of aromatic nitrogens is 3. The fraction of sp³-hybridized carbons (Fsp3) is 0.462. The highest BCUT2D eigenvalue weighted by Gasteiger charge is 2.29. The Labute approximate surface area is 219 Å². The molecule has 0 saturated heterocycles. The van der Waals surface area contributed by atoms with Crippen LogP contribution in [0.15, 0.2) is 23.4 Å². The number of ether oxygens (including phenoxy) is 2. The van der Waals surface area contributed by atoms with Crippen LogP contribution in [0.5, 0.6) is 5.75 Å². The van der Waals surface area contributed by atoms with Crippen molar-refractivity contribution in [2.75, 3.05) is 17.7 Å². The topological polar surface area (TPSA) is 95.3 Å². The van der Waals surface area contributed by atoms with Crippen LogP contribution < -0.4 is 10.1 Å². The van der Waals surface area contributed by atoms with Crippen LogP contribution in [0.3, 0.4) is 0 Å². The van der Waals surface area contributed by atoms with Gasteiger partial charge in [-0.1, -0.05) is 30.8 Å². The molecule has 0 spiro atoms. The predicted molar refractivity (Wildman–Crippen MR) is 142 cm³/mol. The third-order valence-electron chi connectivity index (χ3n) is 6.41. The first-order valence-electron chi connectivity index (χ1n) is 12.1. The number of carbonyl (C=O) groups excluding carboxylic acids is 2. The van der Waals surface area contributed by atoms with Crippen LogP contribution in [0, 0.1) is 19.8 Å². The van der Waals surface area contributed by atoms with E-state index in [0.29, 0.717) is 34.1 Å². The minimum Gasteiger partial charge on any atom is -0.485 e. The van der Waals surface area contributed by atoms with Gasteiger partial charge in [-0.05, 0) is 68.7 Å². The molecule has 0 aliphatic heterocycles. The second kappa shape index (κ2) is 11.5. The van der Waals surface area contributed by atoms with E-state index in [4.69, 9.17) is 9.47 Å². The Morgan fingerprint density at radius 1 is 1.28 bits per heavy atom. The molecule has 1 amide bonds. The van der Waals surface area contributed by atoms with Gasteiger partial charge in [-0.25, -0.2) is 4.79 Å². The van der Waals surface area contributed by atoms with Crippen LogP contribution in [0.1, 0.15) is 58.0 Å². The Balaban J connectivity index is 1.39. The molecular formula is C26H32N4O4S2. The number of hydrogen-bond donors (Lipinski definition) is 1. The smallest absolute Gasteiger partial charge is 0.341 e. The summed E-state index contributed by atoms with van der Waals surface area (Å²) in [7, 11) is 1.86. The number of hydrogen-bond acceptors (Lipinski definition) is 8. The van der Waals surface area contributed by atoms with Gasteiger partial charge in [0.15, 0.2) is 11.0 Å². The highest BCUT2D eigenvalue weighted by atomic mass is 32.2. The van der Waals surface area contributed by atoms with E-state index < -0.39 is 0 Å². The van der Waals surface area contributed by atoms with E-state index in [1.165, 1.54) is 33.5 Å². The predicted octanol–water partition coefficient (Wildman–Crippen LogP) is 5.10. The molecule has 1 atom stereocenters. The van der Waals surface area contributed by atoms with E-state index >= 15 is 0 Å². The molecule has 8 nitrogen and oxygen atoms in total. The molecule has 1 aliphatic rings. The summed E-state index contributed by atoms with van der Waals surface area (Å²) >= 11 is 2.78. The molecule has 2 heterocycles. The van der Waals surface area contributed by atoms with Crippen molar-refractivity contribution >= 4 is 40.0 Å². The maximum Gasteiger partial charge on any atom is 0.341 e. The Morgan fingerprint density at radius 2 is 2.08 bits per heavy atom. The third-order valence-corrected chi connectivity index (χ3v) is 8.60. The summed E-state index contributed by atoms with van der Waals surface area (Å²) in [6.45, 7) is 8.65. The molecule has 1 unspecified atom stereocenters. The van der Waals surface area contributed by atoms with E-state index in [1.54, 1.807) is 6.92 Å². The minimum absolute atomic E-state index is 0.144. The summed E-state index contributed by atoms with van der Waals surface area (Å²) in [5, 5.41) is 12.6. The summed E-state index contributed by atoms with van der Waals surface area (Å²) in [6.07, 6.45) is 2.78. The van der Waals surface area contributed by atoms with Gasteiger partial charge in [0.05, 0.1) is 17.9 Å². The van der Waals surface area contributed by atoms with Crippen LogP contribution in [0.2, 0.25) is 0 Å². The number of thiophene rings is 1. The molecule has 1 aliphatic carbocycles. The molecule has 0 radical (unpaired) electrons. The number of amides is 1. The number of nitrogens with zero attached hydrogens (tertiary/aromatic N) is 3. The summed E-state index contributed by atoms with van der Waals surface area (Å²) in [5.74, 6) is 1.63. The molecular weight excluding hydrogens is 496 g/mol. The van der Waals surface area contributed by atoms with Gasteiger partial charge in [0.1, 0.15) is 17.4 Å². The Bertz CT molecular complexity index is 1270. The van der Waals surface area contributed by atoms with Gasteiger partial charge in [0.2, 0.25) is 5.91 Å². The number of carbonyl (C=O) groups is 2. The Kier molecular flexibility index (Phi) is 8.35. The van der Waals surface area contributed by atoms with Crippen molar-refractivity contribution in [3.63, 3.8) is 0 Å². The molecule has 192 valence electrons. The van der Waals surface area contributed by atoms with Gasteiger partial charge in [-0.2, -0.15) is 0 Å². The van der Waals surface area contributed by atoms with Crippen molar-refractivity contribution in [2.45, 2.75) is 58.7 Å². The lowest BCUT2D eigenvalue weighted by Crippen LogP contribution is -2.18. The lowest BCUT2D eigenvalue weighted by molar-refractivity contribution is -0.113. The quantitative estimate of drug-likeness (QED) is 0.305. The number of fused-ring (bicyclic) bond motifs is 1. The molecule has 1 aromatic carbocycles. The molecule has 0 saturated carbocycles. The van der Waals surface area contributed by atoms with Crippen LogP contribution >= 0.6 is 23.1 Å². The van der Waals surface area contributed by atoms with Gasteiger partial charge < -0.3 is 19.4 Å². The molecule has 2 aromatic heterocycles. The first-order valence-corrected chi connectivity index (χ1v) is 13.9.